The lowest BCUT2D eigenvalue weighted by atomic mass is 9.98. The van der Waals surface area contributed by atoms with Gasteiger partial charge >= 0.3 is 0 Å². The van der Waals surface area contributed by atoms with Crippen LogP contribution >= 0.6 is 11.3 Å². The van der Waals surface area contributed by atoms with Crippen LogP contribution in [0.25, 0.3) is 0 Å². The predicted octanol–water partition coefficient (Wildman–Crippen LogP) is 3.14. The smallest absolute Gasteiger partial charge is 0.222 e. The summed E-state index contributed by atoms with van der Waals surface area (Å²) in [5, 5.41) is 5.21. The summed E-state index contributed by atoms with van der Waals surface area (Å²) in [6, 6.07) is 4.32. The van der Waals surface area contributed by atoms with Gasteiger partial charge in [0.05, 0.1) is 6.61 Å². The standard InChI is InChI=1S/C18H30N2O2S/c1-15(2)14-22-9-7-18(21)19-11-16-5-3-8-20(12-16)13-17-6-4-10-23-17/h4,6,10,15-16H,3,5,7-9,11-14H2,1-2H3,(H,19,21)/t16-/m0/s1. The quantitative estimate of drug-likeness (QED) is 0.703. The SMILES string of the molecule is CC(C)COCCC(=O)NC[C@@H]1CCCN(Cc2cccs2)C1. The molecule has 1 aliphatic heterocycles. The van der Waals surface area contributed by atoms with Gasteiger partial charge in [0.2, 0.25) is 5.91 Å². The van der Waals surface area contributed by atoms with Crippen LogP contribution in [-0.2, 0) is 16.1 Å². The second-order valence-electron chi connectivity index (χ2n) is 6.85. The maximum atomic E-state index is 11.9. The number of hydrogen-bond acceptors (Lipinski definition) is 4. The Labute approximate surface area is 144 Å². The van der Waals surface area contributed by atoms with Crippen LogP contribution in [0.15, 0.2) is 17.5 Å². The molecule has 1 aliphatic rings. The molecule has 0 aromatic carbocycles. The maximum absolute atomic E-state index is 11.9. The van der Waals surface area contributed by atoms with Crippen molar-refractivity contribution in [3.05, 3.63) is 22.4 Å². The Morgan fingerprint density at radius 2 is 2.39 bits per heavy atom. The van der Waals surface area contributed by atoms with Gasteiger partial charge in [-0.2, -0.15) is 0 Å². The van der Waals surface area contributed by atoms with Crippen molar-refractivity contribution in [1.82, 2.24) is 10.2 Å². The van der Waals surface area contributed by atoms with Gasteiger partial charge in [-0.15, -0.1) is 11.3 Å². The summed E-state index contributed by atoms with van der Waals surface area (Å²) in [7, 11) is 0. The van der Waals surface area contributed by atoms with E-state index in [0.29, 0.717) is 24.9 Å². The van der Waals surface area contributed by atoms with Crippen LogP contribution in [0.4, 0.5) is 0 Å². The summed E-state index contributed by atoms with van der Waals surface area (Å²) >= 11 is 1.82. The van der Waals surface area contributed by atoms with Crippen LogP contribution in [-0.4, -0.2) is 43.7 Å². The molecular weight excluding hydrogens is 308 g/mol. The minimum atomic E-state index is 0.115. The number of thiophene rings is 1. The van der Waals surface area contributed by atoms with Crippen molar-refractivity contribution in [3.63, 3.8) is 0 Å². The summed E-state index contributed by atoms with van der Waals surface area (Å²) in [4.78, 5) is 15.8. The molecule has 23 heavy (non-hydrogen) atoms. The molecule has 1 fully saturated rings. The lowest BCUT2D eigenvalue weighted by Gasteiger charge is -2.32. The molecule has 0 spiro atoms. The van der Waals surface area contributed by atoms with E-state index in [2.05, 4.69) is 41.6 Å². The Bertz CT molecular complexity index is 448. The van der Waals surface area contributed by atoms with Gasteiger partial charge in [0, 0.05) is 37.5 Å². The van der Waals surface area contributed by atoms with Gasteiger partial charge < -0.3 is 10.1 Å². The lowest BCUT2D eigenvalue weighted by molar-refractivity contribution is -0.122. The van der Waals surface area contributed by atoms with Crippen molar-refractivity contribution >= 4 is 17.2 Å². The molecule has 0 aliphatic carbocycles. The zero-order chi connectivity index (χ0) is 16.5. The molecule has 0 radical (unpaired) electrons. The first-order valence-electron chi connectivity index (χ1n) is 8.72. The fourth-order valence-corrected chi connectivity index (χ4v) is 3.66. The average molecular weight is 339 g/mol. The summed E-state index contributed by atoms with van der Waals surface area (Å²) in [5.74, 6) is 1.21. The Balaban J connectivity index is 1.60. The highest BCUT2D eigenvalue weighted by Gasteiger charge is 2.20. The van der Waals surface area contributed by atoms with E-state index in [1.54, 1.807) is 0 Å². The van der Waals surface area contributed by atoms with Crippen LogP contribution in [0.1, 0.15) is 38.0 Å². The number of likely N-dealkylation sites (tertiary alicyclic amines) is 1. The molecule has 1 aromatic rings. The Kier molecular flexibility index (Phi) is 8.06. The molecule has 0 unspecified atom stereocenters. The monoisotopic (exact) mass is 338 g/mol. The molecule has 130 valence electrons. The third-order valence-electron chi connectivity index (χ3n) is 4.08. The van der Waals surface area contributed by atoms with Gasteiger partial charge in [-0.1, -0.05) is 19.9 Å². The van der Waals surface area contributed by atoms with Gasteiger partial charge in [0.15, 0.2) is 0 Å². The van der Waals surface area contributed by atoms with Gasteiger partial charge in [0.25, 0.3) is 0 Å². The minimum Gasteiger partial charge on any atom is -0.381 e. The maximum Gasteiger partial charge on any atom is 0.222 e. The fraction of sp³-hybridized carbons (Fsp3) is 0.722. The third kappa shape index (κ3) is 7.46. The second-order valence-corrected chi connectivity index (χ2v) is 7.88. The molecule has 5 heteroatoms. The summed E-state index contributed by atoms with van der Waals surface area (Å²) in [5.41, 5.74) is 0. The van der Waals surface area contributed by atoms with Gasteiger partial charge in [-0.05, 0) is 42.7 Å². The van der Waals surface area contributed by atoms with E-state index < -0.39 is 0 Å². The normalized spacial score (nSPS) is 19.2. The van der Waals surface area contributed by atoms with E-state index in [0.717, 1.165) is 26.2 Å². The van der Waals surface area contributed by atoms with Crippen molar-refractivity contribution in [3.8, 4) is 0 Å². The zero-order valence-electron chi connectivity index (χ0n) is 14.4. The lowest BCUT2D eigenvalue weighted by Crippen LogP contribution is -2.40. The molecular formula is C18H30N2O2S. The fourth-order valence-electron chi connectivity index (χ4n) is 2.91. The van der Waals surface area contributed by atoms with E-state index >= 15 is 0 Å². The topological polar surface area (TPSA) is 41.6 Å². The van der Waals surface area contributed by atoms with E-state index in [4.69, 9.17) is 4.74 Å². The molecule has 2 heterocycles. The first-order chi connectivity index (χ1) is 11.1. The molecule has 0 bridgehead atoms. The van der Waals surface area contributed by atoms with Crippen LogP contribution in [0, 0.1) is 11.8 Å². The molecule has 1 saturated heterocycles. The number of nitrogens with zero attached hydrogens (tertiary/aromatic N) is 1. The number of carbonyl (C=O) groups excluding carboxylic acids is 1. The Morgan fingerprint density at radius 3 is 3.13 bits per heavy atom. The number of nitrogens with one attached hydrogen (secondary N) is 1. The molecule has 2 rings (SSSR count). The highest BCUT2D eigenvalue weighted by atomic mass is 32.1. The number of carbonyl (C=O) groups is 1. The van der Waals surface area contributed by atoms with Crippen molar-refractivity contribution in [2.75, 3.05) is 32.8 Å². The minimum absolute atomic E-state index is 0.115. The molecule has 1 amide bonds. The van der Waals surface area contributed by atoms with Gasteiger partial charge in [-0.25, -0.2) is 0 Å². The van der Waals surface area contributed by atoms with Crippen LogP contribution in [0.2, 0.25) is 0 Å². The van der Waals surface area contributed by atoms with Gasteiger partial charge in [-0.3, -0.25) is 9.69 Å². The van der Waals surface area contributed by atoms with E-state index in [9.17, 15) is 4.79 Å². The van der Waals surface area contributed by atoms with E-state index in [1.807, 2.05) is 11.3 Å². The number of amides is 1. The van der Waals surface area contributed by atoms with Gasteiger partial charge in [0.1, 0.15) is 0 Å². The molecule has 1 aromatic heterocycles. The van der Waals surface area contributed by atoms with Crippen LogP contribution in [0.5, 0.6) is 0 Å². The summed E-state index contributed by atoms with van der Waals surface area (Å²) in [6.07, 6.45) is 2.91. The number of piperidine rings is 1. The highest BCUT2D eigenvalue weighted by molar-refractivity contribution is 7.09. The van der Waals surface area contributed by atoms with Crippen molar-refractivity contribution in [2.24, 2.45) is 11.8 Å². The number of hydrogen-bond donors (Lipinski definition) is 1. The average Bonchev–Trinajstić information content (AvgIpc) is 3.03. The molecule has 0 saturated carbocycles. The van der Waals surface area contributed by atoms with Crippen molar-refractivity contribution in [1.29, 1.82) is 0 Å². The second kappa shape index (κ2) is 10.1. The first kappa shape index (κ1) is 18.4. The number of rotatable bonds is 9. The summed E-state index contributed by atoms with van der Waals surface area (Å²) < 4.78 is 5.47. The Morgan fingerprint density at radius 1 is 1.52 bits per heavy atom. The van der Waals surface area contributed by atoms with Crippen LogP contribution in [0.3, 0.4) is 0 Å². The van der Waals surface area contributed by atoms with E-state index in [-0.39, 0.29) is 5.91 Å². The number of ether oxygens (including phenoxy) is 1. The van der Waals surface area contributed by atoms with E-state index in [1.165, 1.54) is 24.3 Å². The first-order valence-corrected chi connectivity index (χ1v) is 9.60. The van der Waals surface area contributed by atoms with Crippen molar-refractivity contribution < 1.29 is 9.53 Å². The largest absolute Gasteiger partial charge is 0.381 e. The summed E-state index contributed by atoms with van der Waals surface area (Å²) in [6.45, 7) is 9.59. The Hall–Kier alpha value is -0.910. The third-order valence-corrected chi connectivity index (χ3v) is 4.94. The predicted molar refractivity (Wildman–Crippen MR) is 95.6 cm³/mol. The molecule has 1 N–H and O–H groups in total. The molecule has 1 atom stereocenters. The van der Waals surface area contributed by atoms with Crippen molar-refractivity contribution in [2.45, 2.75) is 39.7 Å². The highest BCUT2D eigenvalue weighted by Crippen LogP contribution is 2.19. The zero-order valence-corrected chi connectivity index (χ0v) is 15.2. The van der Waals surface area contributed by atoms with Crippen LogP contribution < -0.4 is 5.32 Å². The molecule has 4 nitrogen and oxygen atoms in total.